The quantitative estimate of drug-likeness (QED) is 0.491. The Morgan fingerprint density at radius 3 is 2.47 bits per heavy atom. The maximum atomic E-state index is 12.9. The van der Waals surface area contributed by atoms with Crippen molar-refractivity contribution in [3.05, 3.63) is 77.6 Å². The third kappa shape index (κ3) is 3.51. The van der Waals surface area contributed by atoms with Crippen LogP contribution in [0.4, 0.5) is 5.69 Å². The summed E-state index contributed by atoms with van der Waals surface area (Å²) >= 11 is 0. The van der Waals surface area contributed by atoms with Crippen LogP contribution in [0.5, 0.6) is 0 Å². The van der Waals surface area contributed by atoms with Gasteiger partial charge in [0.1, 0.15) is 28.7 Å². The van der Waals surface area contributed by atoms with Crippen LogP contribution in [0, 0.1) is 18.3 Å². The van der Waals surface area contributed by atoms with E-state index in [9.17, 15) is 10.1 Å². The van der Waals surface area contributed by atoms with Gasteiger partial charge in [-0.05, 0) is 43.3 Å². The molecular weight excluding hydrogens is 380 g/mol. The van der Waals surface area contributed by atoms with Gasteiger partial charge in [-0.2, -0.15) is 5.26 Å². The Bertz CT molecular complexity index is 1220. The van der Waals surface area contributed by atoms with Crippen LogP contribution < -0.4 is 5.32 Å². The second-order valence-electron chi connectivity index (χ2n) is 7.17. The van der Waals surface area contributed by atoms with Gasteiger partial charge in [0.2, 0.25) is 11.8 Å². The summed E-state index contributed by atoms with van der Waals surface area (Å²) in [5, 5.41) is 12.4. The third-order valence-electron chi connectivity index (χ3n) is 4.73. The van der Waals surface area contributed by atoms with E-state index in [1.807, 2.05) is 38.1 Å². The van der Waals surface area contributed by atoms with Crippen LogP contribution in [0.2, 0.25) is 0 Å². The highest BCUT2D eigenvalue weighted by Gasteiger charge is 2.24. The molecule has 1 aromatic carbocycles. The molecular formula is C23H20N4O3. The average molecular weight is 400 g/mol. The first-order valence-corrected chi connectivity index (χ1v) is 9.52. The van der Waals surface area contributed by atoms with Crippen molar-refractivity contribution in [2.75, 3.05) is 5.32 Å². The zero-order chi connectivity index (χ0) is 21.3. The van der Waals surface area contributed by atoms with E-state index in [4.69, 9.17) is 8.83 Å². The molecule has 7 heteroatoms. The molecule has 4 rings (SSSR count). The van der Waals surface area contributed by atoms with Crippen molar-refractivity contribution in [3.63, 3.8) is 0 Å². The molecule has 7 nitrogen and oxygen atoms in total. The van der Waals surface area contributed by atoms with Gasteiger partial charge in [-0.15, -0.1) is 0 Å². The van der Waals surface area contributed by atoms with Crippen LogP contribution in [-0.4, -0.2) is 15.5 Å². The van der Waals surface area contributed by atoms with Crippen LogP contribution in [-0.2, 0) is 0 Å². The maximum Gasteiger partial charge on any atom is 0.260 e. The zero-order valence-corrected chi connectivity index (χ0v) is 16.8. The van der Waals surface area contributed by atoms with Crippen molar-refractivity contribution in [1.29, 1.82) is 5.26 Å². The van der Waals surface area contributed by atoms with Crippen molar-refractivity contribution < 1.29 is 13.6 Å². The number of oxazole rings is 1. The number of furan rings is 1. The minimum atomic E-state index is -0.405. The highest BCUT2D eigenvalue weighted by atomic mass is 16.4. The number of nitrogens with one attached hydrogen (secondary N) is 1. The molecule has 1 N–H and O–H groups in total. The van der Waals surface area contributed by atoms with Gasteiger partial charge in [-0.1, -0.05) is 13.8 Å². The number of nitriles is 1. The Balaban J connectivity index is 1.56. The molecule has 3 heterocycles. The summed E-state index contributed by atoms with van der Waals surface area (Å²) in [6, 6.07) is 12.9. The number of anilines is 1. The number of hydrogen-bond donors (Lipinski definition) is 1. The first kappa shape index (κ1) is 19.3. The summed E-state index contributed by atoms with van der Waals surface area (Å²) in [5.74, 6) is 1.91. The molecule has 0 fully saturated rings. The molecule has 0 radical (unpaired) electrons. The number of rotatable bonds is 5. The van der Waals surface area contributed by atoms with Crippen LogP contribution in [0.15, 0.2) is 63.8 Å². The molecule has 0 saturated carbocycles. The lowest BCUT2D eigenvalue weighted by Gasteiger charge is -2.06. The topological polar surface area (TPSA) is 97.0 Å². The van der Waals surface area contributed by atoms with E-state index < -0.39 is 5.91 Å². The molecule has 0 aliphatic carbocycles. The van der Waals surface area contributed by atoms with Gasteiger partial charge < -0.3 is 14.2 Å². The SMILES string of the molecule is Cc1oc(-n2cccc2)c(C#N)c1C(=O)Nc1ccc(-c2ncc(C(C)C)o2)cc1. The molecule has 0 aliphatic rings. The first-order valence-electron chi connectivity index (χ1n) is 9.52. The standard InChI is InChI=1S/C23H20N4O3/c1-14(2)19-13-25-22(30-19)16-6-8-17(9-7-16)26-21(28)20-15(3)29-23(18(20)12-24)27-10-4-5-11-27/h4-11,13-14H,1-3H3,(H,26,28). The number of amides is 1. The first-order chi connectivity index (χ1) is 14.5. The van der Waals surface area contributed by atoms with E-state index in [2.05, 4.69) is 16.4 Å². The van der Waals surface area contributed by atoms with E-state index >= 15 is 0 Å². The monoisotopic (exact) mass is 400 g/mol. The van der Waals surface area contributed by atoms with Gasteiger partial charge >= 0.3 is 0 Å². The summed E-state index contributed by atoms with van der Waals surface area (Å²) in [4.78, 5) is 17.2. The molecule has 4 aromatic rings. The van der Waals surface area contributed by atoms with E-state index in [1.165, 1.54) is 0 Å². The highest BCUT2D eigenvalue weighted by molar-refractivity contribution is 6.07. The van der Waals surface area contributed by atoms with Crippen molar-refractivity contribution >= 4 is 11.6 Å². The predicted octanol–water partition coefficient (Wildman–Crippen LogP) is 5.28. The number of carbonyl (C=O) groups is 1. The highest BCUT2D eigenvalue weighted by Crippen LogP contribution is 2.27. The minimum Gasteiger partial charge on any atom is -0.443 e. The third-order valence-corrected chi connectivity index (χ3v) is 4.73. The summed E-state index contributed by atoms with van der Waals surface area (Å²) in [6.07, 6.45) is 5.24. The number of nitrogens with zero attached hydrogens (tertiary/aromatic N) is 3. The smallest absolute Gasteiger partial charge is 0.260 e. The molecule has 0 spiro atoms. The molecule has 0 atom stereocenters. The van der Waals surface area contributed by atoms with Gasteiger partial charge in [0.15, 0.2) is 0 Å². The van der Waals surface area contributed by atoms with Gasteiger partial charge in [-0.3, -0.25) is 9.36 Å². The van der Waals surface area contributed by atoms with Gasteiger partial charge in [0.05, 0.1) is 6.20 Å². The fraction of sp³-hybridized carbons (Fsp3) is 0.174. The lowest BCUT2D eigenvalue weighted by Crippen LogP contribution is -2.13. The van der Waals surface area contributed by atoms with E-state index in [0.29, 0.717) is 23.2 Å². The molecule has 0 unspecified atom stereocenters. The lowest BCUT2D eigenvalue weighted by molar-refractivity contribution is 0.102. The molecule has 0 bridgehead atoms. The second kappa shape index (κ2) is 7.76. The van der Waals surface area contributed by atoms with Crippen molar-refractivity contribution in [2.45, 2.75) is 26.7 Å². The molecule has 0 aliphatic heterocycles. The summed E-state index contributed by atoms with van der Waals surface area (Å²) in [5.41, 5.74) is 1.82. The Labute approximate surface area is 173 Å². The van der Waals surface area contributed by atoms with Crippen molar-refractivity contribution in [2.24, 2.45) is 0 Å². The average Bonchev–Trinajstić information content (AvgIpc) is 3.47. The number of aryl methyl sites for hydroxylation is 1. The number of hydrogen-bond acceptors (Lipinski definition) is 5. The molecule has 1 amide bonds. The molecule has 30 heavy (non-hydrogen) atoms. The van der Waals surface area contributed by atoms with Crippen molar-refractivity contribution in [1.82, 2.24) is 9.55 Å². The fourth-order valence-electron chi connectivity index (χ4n) is 3.14. The summed E-state index contributed by atoms with van der Waals surface area (Å²) < 4.78 is 13.1. The molecule has 150 valence electrons. The number of benzene rings is 1. The normalized spacial score (nSPS) is 10.9. The van der Waals surface area contributed by atoms with Gasteiger partial charge in [0.25, 0.3) is 5.91 Å². The zero-order valence-electron chi connectivity index (χ0n) is 16.8. The lowest BCUT2D eigenvalue weighted by atomic mass is 10.1. The fourth-order valence-corrected chi connectivity index (χ4v) is 3.14. The Hall–Kier alpha value is -4.05. The van der Waals surface area contributed by atoms with Gasteiger partial charge in [-0.25, -0.2) is 4.98 Å². The summed E-state index contributed by atoms with van der Waals surface area (Å²) in [6.45, 7) is 5.75. The summed E-state index contributed by atoms with van der Waals surface area (Å²) in [7, 11) is 0. The van der Waals surface area contributed by atoms with Crippen LogP contribution in [0.3, 0.4) is 0 Å². The number of carbonyl (C=O) groups excluding carboxylic acids is 1. The van der Waals surface area contributed by atoms with Crippen molar-refractivity contribution in [3.8, 4) is 23.4 Å². The van der Waals surface area contributed by atoms with E-state index in [0.717, 1.165) is 11.3 Å². The Kier molecular flexibility index (Phi) is 4.98. The predicted molar refractivity (Wildman–Crippen MR) is 111 cm³/mol. The molecule has 3 aromatic heterocycles. The van der Waals surface area contributed by atoms with Crippen LogP contribution in [0.25, 0.3) is 17.3 Å². The Morgan fingerprint density at radius 2 is 1.87 bits per heavy atom. The van der Waals surface area contributed by atoms with Gasteiger partial charge in [0, 0.05) is 29.6 Å². The molecule has 0 saturated heterocycles. The van der Waals surface area contributed by atoms with Crippen LogP contribution in [0.1, 0.15) is 47.2 Å². The maximum absolute atomic E-state index is 12.9. The van der Waals surface area contributed by atoms with Crippen LogP contribution >= 0.6 is 0 Å². The van der Waals surface area contributed by atoms with E-state index in [1.54, 1.807) is 42.2 Å². The second-order valence-corrected chi connectivity index (χ2v) is 7.17. The number of aromatic nitrogens is 2. The largest absolute Gasteiger partial charge is 0.443 e. The van der Waals surface area contributed by atoms with E-state index in [-0.39, 0.29) is 17.0 Å². The minimum absolute atomic E-state index is 0.193. The Morgan fingerprint density at radius 1 is 1.17 bits per heavy atom.